The summed E-state index contributed by atoms with van der Waals surface area (Å²) >= 11 is 5.98. The van der Waals surface area contributed by atoms with E-state index in [0.717, 1.165) is 6.07 Å². The summed E-state index contributed by atoms with van der Waals surface area (Å²) in [5.41, 5.74) is 0.385. The van der Waals surface area contributed by atoms with E-state index in [0.29, 0.717) is 0 Å². The molecule has 96 valence electrons. The van der Waals surface area contributed by atoms with Crippen molar-refractivity contribution in [1.82, 2.24) is 9.97 Å². The first-order valence-corrected chi connectivity index (χ1v) is 5.54. The number of hydrogen-bond donors (Lipinski definition) is 1. The Morgan fingerprint density at radius 2 is 2.21 bits per heavy atom. The number of nitrogens with zero attached hydrogens (tertiary/aromatic N) is 3. The number of nitriles is 1. The van der Waals surface area contributed by atoms with Crippen LogP contribution < -0.4 is 10.1 Å². The zero-order valence-corrected chi connectivity index (χ0v) is 10.6. The fraction of sp³-hybridized carbons (Fsp3) is 0.0833. The minimum absolute atomic E-state index is 0.147. The van der Waals surface area contributed by atoms with Crippen molar-refractivity contribution in [2.75, 3.05) is 12.4 Å². The summed E-state index contributed by atoms with van der Waals surface area (Å²) in [6, 6.07) is 5.88. The molecule has 0 aliphatic carbocycles. The molecule has 2 rings (SSSR count). The Kier molecular flexibility index (Phi) is 3.78. The summed E-state index contributed by atoms with van der Waals surface area (Å²) in [6.07, 6.45) is 1.24. The first-order chi connectivity index (χ1) is 9.15. The topological polar surface area (TPSA) is 70.8 Å². The maximum absolute atomic E-state index is 13.7. The summed E-state index contributed by atoms with van der Waals surface area (Å²) in [5.74, 6) is -0.168. The Morgan fingerprint density at radius 1 is 1.42 bits per heavy atom. The van der Waals surface area contributed by atoms with Gasteiger partial charge in [-0.15, -0.1) is 0 Å². The molecule has 0 amide bonds. The van der Waals surface area contributed by atoms with Crippen molar-refractivity contribution in [3.8, 4) is 11.9 Å². The summed E-state index contributed by atoms with van der Waals surface area (Å²) in [6.45, 7) is 0. The van der Waals surface area contributed by atoms with Crippen LogP contribution in [0.15, 0.2) is 24.5 Å². The van der Waals surface area contributed by atoms with Crippen LogP contribution in [0.25, 0.3) is 0 Å². The molecule has 0 fully saturated rings. The molecule has 0 saturated heterocycles. The van der Waals surface area contributed by atoms with Gasteiger partial charge in [0.2, 0.25) is 5.88 Å². The third-order valence-electron chi connectivity index (χ3n) is 2.30. The first kappa shape index (κ1) is 13.1. The summed E-state index contributed by atoms with van der Waals surface area (Å²) < 4.78 is 18.6. The molecule has 2 aromatic rings. The van der Waals surface area contributed by atoms with Gasteiger partial charge in [-0.25, -0.2) is 14.4 Å². The van der Waals surface area contributed by atoms with Crippen molar-refractivity contribution in [2.24, 2.45) is 0 Å². The quantitative estimate of drug-likeness (QED) is 0.935. The van der Waals surface area contributed by atoms with Gasteiger partial charge in [-0.05, 0) is 18.2 Å². The van der Waals surface area contributed by atoms with Gasteiger partial charge >= 0.3 is 0 Å². The zero-order chi connectivity index (χ0) is 13.8. The van der Waals surface area contributed by atoms with Gasteiger partial charge in [0.25, 0.3) is 0 Å². The van der Waals surface area contributed by atoms with E-state index in [1.165, 1.54) is 25.6 Å². The molecule has 7 heteroatoms. The Balaban J connectivity index is 2.34. The lowest BCUT2D eigenvalue weighted by Crippen LogP contribution is -2.00. The van der Waals surface area contributed by atoms with Gasteiger partial charge in [-0.3, -0.25) is 0 Å². The van der Waals surface area contributed by atoms with E-state index in [1.54, 1.807) is 0 Å². The molecule has 1 aromatic carbocycles. The van der Waals surface area contributed by atoms with E-state index in [2.05, 4.69) is 15.3 Å². The van der Waals surface area contributed by atoms with E-state index < -0.39 is 5.82 Å². The highest BCUT2D eigenvalue weighted by molar-refractivity contribution is 6.34. The summed E-state index contributed by atoms with van der Waals surface area (Å²) in [5, 5.41) is 11.5. The van der Waals surface area contributed by atoms with Crippen LogP contribution in [0, 0.1) is 17.1 Å². The Labute approximate surface area is 113 Å². The van der Waals surface area contributed by atoms with Crippen LogP contribution in [0.3, 0.4) is 0 Å². The third kappa shape index (κ3) is 2.72. The van der Waals surface area contributed by atoms with Crippen LogP contribution in [0.1, 0.15) is 5.56 Å². The normalized spacial score (nSPS) is 9.79. The third-order valence-corrected chi connectivity index (χ3v) is 2.64. The molecular formula is C12H8ClFN4O. The Morgan fingerprint density at radius 3 is 2.84 bits per heavy atom. The SMILES string of the molecule is COc1ncnc(Nc2ccc(C#N)cc2F)c1Cl. The smallest absolute Gasteiger partial charge is 0.237 e. The lowest BCUT2D eigenvalue weighted by atomic mass is 10.2. The van der Waals surface area contributed by atoms with E-state index in [9.17, 15) is 4.39 Å². The maximum Gasteiger partial charge on any atom is 0.237 e. The van der Waals surface area contributed by atoms with Gasteiger partial charge in [-0.2, -0.15) is 5.26 Å². The maximum atomic E-state index is 13.7. The van der Waals surface area contributed by atoms with Crippen molar-refractivity contribution in [3.63, 3.8) is 0 Å². The number of methoxy groups -OCH3 is 1. The number of hydrogen-bond acceptors (Lipinski definition) is 5. The second kappa shape index (κ2) is 5.50. The van der Waals surface area contributed by atoms with Crippen molar-refractivity contribution < 1.29 is 9.13 Å². The monoisotopic (exact) mass is 278 g/mol. The molecule has 0 radical (unpaired) electrons. The van der Waals surface area contributed by atoms with Gasteiger partial charge in [0, 0.05) is 0 Å². The number of ether oxygens (including phenoxy) is 1. The van der Waals surface area contributed by atoms with Gasteiger partial charge in [-0.1, -0.05) is 11.6 Å². The van der Waals surface area contributed by atoms with E-state index in [1.807, 2.05) is 6.07 Å². The molecular weight excluding hydrogens is 271 g/mol. The Hall–Kier alpha value is -2.39. The highest BCUT2D eigenvalue weighted by atomic mass is 35.5. The lowest BCUT2D eigenvalue weighted by Gasteiger charge is -2.09. The summed E-state index contributed by atoms with van der Waals surface area (Å²) in [4.78, 5) is 7.71. The van der Waals surface area contributed by atoms with E-state index in [-0.39, 0.29) is 28.0 Å². The van der Waals surface area contributed by atoms with Crippen LogP contribution in [0.4, 0.5) is 15.9 Å². The molecule has 5 nitrogen and oxygen atoms in total. The van der Waals surface area contributed by atoms with Crippen LogP contribution in [0.2, 0.25) is 5.02 Å². The fourth-order valence-corrected chi connectivity index (χ4v) is 1.62. The van der Waals surface area contributed by atoms with Crippen LogP contribution >= 0.6 is 11.6 Å². The molecule has 1 aromatic heterocycles. The standard InChI is InChI=1S/C12H8ClFN4O/c1-19-12-10(13)11(16-6-17-12)18-9-3-2-7(5-15)4-8(9)14/h2-4,6H,1H3,(H,16,17,18). The van der Waals surface area contributed by atoms with Gasteiger partial charge < -0.3 is 10.1 Å². The molecule has 1 N–H and O–H groups in total. The highest BCUT2D eigenvalue weighted by Crippen LogP contribution is 2.30. The minimum atomic E-state index is -0.576. The molecule has 19 heavy (non-hydrogen) atoms. The van der Waals surface area contributed by atoms with Gasteiger partial charge in [0.15, 0.2) is 5.82 Å². The van der Waals surface area contributed by atoms with Crippen molar-refractivity contribution >= 4 is 23.1 Å². The predicted octanol–water partition coefficient (Wildman–Crippen LogP) is 2.89. The van der Waals surface area contributed by atoms with Gasteiger partial charge in [0.05, 0.1) is 24.4 Å². The van der Waals surface area contributed by atoms with E-state index >= 15 is 0 Å². The fourth-order valence-electron chi connectivity index (χ4n) is 1.40. The molecule has 0 aliphatic heterocycles. The average Bonchev–Trinajstić information content (AvgIpc) is 2.43. The number of aromatic nitrogens is 2. The number of benzene rings is 1. The number of anilines is 2. The average molecular weight is 279 g/mol. The molecule has 0 bridgehead atoms. The molecule has 1 heterocycles. The molecule has 0 unspecified atom stereocenters. The molecule has 0 atom stereocenters. The second-order valence-corrected chi connectivity index (χ2v) is 3.85. The minimum Gasteiger partial charge on any atom is -0.480 e. The predicted molar refractivity (Wildman–Crippen MR) is 68.0 cm³/mol. The molecule has 0 aliphatic rings. The number of halogens is 2. The van der Waals surface area contributed by atoms with Crippen molar-refractivity contribution in [2.45, 2.75) is 0 Å². The Bertz CT molecular complexity index is 657. The van der Waals surface area contributed by atoms with Crippen LogP contribution in [-0.2, 0) is 0 Å². The zero-order valence-electron chi connectivity index (χ0n) is 9.82. The molecule has 0 spiro atoms. The van der Waals surface area contributed by atoms with Gasteiger partial charge in [0.1, 0.15) is 17.2 Å². The number of nitrogens with one attached hydrogen (secondary N) is 1. The number of rotatable bonds is 3. The first-order valence-electron chi connectivity index (χ1n) is 5.17. The molecule has 0 saturated carbocycles. The van der Waals surface area contributed by atoms with E-state index in [4.69, 9.17) is 21.6 Å². The summed E-state index contributed by atoms with van der Waals surface area (Å²) in [7, 11) is 1.42. The second-order valence-electron chi connectivity index (χ2n) is 3.48. The highest BCUT2D eigenvalue weighted by Gasteiger charge is 2.11. The van der Waals surface area contributed by atoms with Crippen molar-refractivity contribution in [1.29, 1.82) is 5.26 Å². The van der Waals surface area contributed by atoms with Crippen molar-refractivity contribution in [3.05, 3.63) is 40.9 Å². The lowest BCUT2D eigenvalue weighted by molar-refractivity contribution is 0.397. The van der Waals surface area contributed by atoms with Crippen LogP contribution in [0.5, 0.6) is 5.88 Å². The largest absolute Gasteiger partial charge is 0.480 e. The van der Waals surface area contributed by atoms with Crippen LogP contribution in [-0.4, -0.2) is 17.1 Å².